The minimum Gasteiger partial charge on any atom is -0.383 e. The molecule has 0 atom stereocenters. The zero-order valence-corrected chi connectivity index (χ0v) is 15.1. The van der Waals surface area contributed by atoms with Gasteiger partial charge >= 0.3 is 0 Å². The summed E-state index contributed by atoms with van der Waals surface area (Å²) < 4.78 is 2.26. The van der Waals surface area contributed by atoms with E-state index in [1.54, 1.807) is 6.33 Å². The number of nitrogen functional groups attached to an aromatic ring is 1. The van der Waals surface area contributed by atoms with Crippen molar-refractivity contribution in [3.05, 3.63) is 18.1 Å². The third kappa shape index (κ3) is 2.63. The van der Waals surface area contributed by atoms with Gasteiger partial charge < -0.3 is 10.3 Å². The highest BCUT2D eigenvalue weighted by molar-refractivity contribution is 6.83. The molecule has 0 spiro atoms. The van der Waals surface area contributed by atoms with E-state index < -0.39 is 8.07 Å². The molecule has 1 saturated carbocycles. The van der Waals surface area contributed by atoms with Crippen molar-refractivity contribution in [3.8, 4) is 11.5 Å². The third-order valence-corrected chi connectivity index (χ3v) is 5.26. The van der Waals surface area contributed by atoms with Crippen LogP contribution in [0.3, 0.4) is 0 Å². The Morgan fingerprint density at radius 3 is 2.55 bits per heavy atom. The van der Waals surface area contributed by atoms with Crippen LogP contribution in [0.5, 0.6) is 0 Å². The summed E-state index contributed by atoms with van der Waals surface area (Å²) in [4.78, 5) is 8.66. The molecule has 0 aromatic carbocycles. The number of hydrogen-bond donors (Lipinski definition) is 1. The molecule has 0 amide bonds. The normalized spacial score (nSPS) is 15.7. The number of anilines is 1. The van der Waals surface area contributed by atoms with Crippen LogP contribution in [0.1, 0.15) is 32.3 Å². The summed E-state index contributed by atoms with van der Waals surface area (Å²) in [6.45, 7) is 11.3. The van der Waals surface area contributed by atoms with Crippen molar-refractivity contribution in [2.75, 3.05) is 5.73 Å². The van der Waals surface area contributed by atoms with Crippen LogP contribution in [-0.4, -0.2) is 22.6 Å². The molecule has 0 aliphatic heterocycles. The van der Waals surface area contributed by atoms with Gasteiger partial charge in [-0.2, -0.15) is 0 Å². The molecule has 0 saturated heterocycles. The molecule has 2 N–H and O–H groups in total. The van der Waals surface area contributed by atoms with Gasteiger partial charge in [0.25, 0.3) is 0 Å². The Labute approximate surface area is 133 Å². The Bertz CT molecular complexity index is 783. The molecule has 5 heteroatoms. The van der Waals surface area contributed by atoms with Gasteiger partial charge in [0, 0.05) is 11.7 Å². The average Bonchev–Trinajstić information content (AvgIpc) is 3.18. The minimum atomic E-state index is -1.44. The monoisotopic (exact) mass is 312 g/mol. The average molecular weight is 312 g/mol. The van der Waals surface area contributed by atoms with E-state index in [-0.39, 0.29) is 5.54 Å². The SMILES string of the molecule is CC(C)(C1CC1)n1cc(C#C[Si](C)(C)C)c2c(N)ncnc21. The Morgan fingerprint density at radius 2 is 1.95 bits per heavy atom. The maximum Gasteiger partial charge on any atom is 0.147 e. The van der Waals surface area contributed by atoms with Gasteiger partial charge in [-0.15, -0.1) is 5.54 Å². The molecule has 2 aromatic rings. The second-order valence-corrected chi connectivity index (χ2v) is 12.5. The van der Waals surface area contributed by atoms with Gasteiger partial charge in [0.15, 0.2) is 0 Å². The molecule has 4 nitrogen and oxygen atoms in total. The van der Waals surface area contributed by atoms with E-state index in [4.69, 9.17) is 5.73 Å². The lowest BCUT2D eigenvalue weighted by Crippen LogP contribution is -2.28. The summed E-state index contributed by atoms with van der Waals surface area (Å²) in [5.41, 5.74) is 11.5. The van der Waals surface area contributed by atoms with Crippen LogP contribution in [0.15, 0.2) is 12.5 Å². The van der Waals surface area contributed by atoms with Gasteiger partial charge in [-0.1, -0.05) is 25.6 Å². The zero-order chi connectivity index (χ0) is 16.1. The van der Waals surface area contributed by atoms with E-state index in [1.165, 1.54) is 12.8 Å². The maximum absolute atomic E-state index is 6.12. The van der Waals surface area contributed by atoms with Crippen molar-refractivity contribution in [3.63, 3.8) is 0 Å². The lowest BCUT2D eigenvalue weighted by atomic mass is 9.98. The topological polar surface area (TPSA) is 56.7 Å². The Hall–Kier alpha value is -1.80. The van der Waals surface area contributed by atoms with Crippen LogP contribution in [0.2, 0.25) is 19.6 Å². The van der Waals surface area contributed by atoms with Gasteiger partial charge in [-0.05, 0) is 32.6 Å². The molecule has 1 fully saturated rings. The van der Waals surface area contributed by atoms with E-state index >= 15 is 0 Å². The number of rotatable bonds is 2. The van der Waals surface area contributed by atoms with Crippen LogP contribution in [0.4, 0.5) is 5.82 Å². The first kappa shape index (κ1) is 15.1. The van der Waals surface area contributed by atoms with Gasteiger partial charge in [0.05, 0.1) is 10.9 Å². The summed E-state index contributed by atoms with van der Waals surface area (Å²) in [5, 5.41) is 0.905. The number of fused-ring (bicyclic) bond motifs is 1. The van der Waals surface area contributed by atoms with E-state index in [0.717, 1.165) is 16.6 Å². The molecule has 2 heterocycles. The molecule has 22 heavy (non-hydrogen) atoms. The number of nitrogens with zero attached hydrogens (tertiary/aromatic N) is 3. The Morgan fingerprint density at radius 1 is 1.27 bits per heavy atom. The van der Waals surface area contributed by atoms with Crippen molar-refractivity contribution in [2.45, 2.75) is 51.9 Å². The molecule has 0 bridgehead atoms. The Kier molecular flexibility index (Phi) is 3.33. The molecule has 0 unspecified atom stereocenters. The summed E-state index contributed by atoms with van der Waals surface area (Å²) in [7, 11) is -1.44. The maximum atomic E-state index is 6.12. The fourth-order valence-electron chi connectivity index (χ4n) is 2.86. The van der Waals surface area contributed by atoms with Crippen LogP contribution in [0, 0.1) is 17.4 Å². The molecule has 2 aromatic heterocycles. The van der Waals surface area contributed by atoms with Crippen molar-refractivity contribution < 1.29 is 0 Å². The predicted molar refractivity (Wildman–Crippen MR) is 94.2 cm³/mol. The van der Waals surface area contributed by atoms with Gasteiger partial charge in [-0.25, -0.2) is 9.97 Å². The molecule has 0 radical (unpaired) electrons. The minimum absolute atomic E-state index is 0.0398. The van der Waals surface area contributed by atoms with E-state index in [0.29, 0.717) is 11.7 Å². The number of nitrogens with two attached hydrogens (primary N) is 1. The molecule has 1 aliphatic rings. The van der Waals surface area contributed by atoms with Crippen molar-refractivity contribution in [1.82, 2.24) is 14.5 Å². The van der Waals surface area contributed by atoms with Crippen LogP contribution < -0.4 is 5.73 Å². The first-order valence-electron chi connectivity index (χ1n) is 7.85. The molecule has 116 valence electrons. The fraction of sp³-hybridized carbons (Fsp3) is 0.529. The van der Waals surface area contributed by atoms with Gasteiger partial charge in [0.2, 0.25) is 0 Å². The summed E-state index contributed by atoms with van der Waals surface area (Å²) in [6.07, 6.45) is 6.24. The van der Waals surface area contributed by atoms with E-state index in [9.17, 15) is 0 Å². The largest absolute Gasteiger partial charge is 0.383 e. The lowest BCUT2D eigenvalue weighted by Gasteiger charge is -2.27. The standard InChI is InChI=1S/C17H24N4Si/c1-17(2,13-6-7-13)21-10-12(8-9-22(3,4)5)14-15(18)19-11-20-16(14)21/h10-11,13H,6-7H2,1-5H3,(H2,18,19,20). The van der Waals surface area contributed by atoms with Gasteiger partial charge in [-0.3, -0.25) is 0 Å². The summed E-state index contributed by atoms with van der Waals surface area (Å²) >= 11 is 0. The fourth-order valence-corrected chi connectivity index (χ4v) is 3.37. The lowest BCUT2D eigenvalue weighted by molar-refractivity contribution is 0.313. The Balaban J connectivity index is 2.23. The first-order valence-corrected chi connectivity index (χ1v) is 11.4. The molecule has 1 aliphatic carbocycles. The van der Waals surface area contributed by atoms with E-state index in [1.807, 2.05) is 0 Å². The predicted octanol–water partition coefficient (Wildman–Crippen LogP) is 3.39. The zero-order valence-electron chi connectivity index (χ0n) is 14.1. The van der Waals surface area contributed by atoms with Crippen molar-refractivity contribution >= 4 is 24.9 Å². The second kappa shape index (κ2) is 4.85. The number of aromatic nitrogens is 3. The molecule has 3 rings (SSSR count). The van der Waals surface area contributed by atoms with E-state index in [2.05, 4.69) is 65.7 Å². The smallest absolute Gasteiger partial charge is 0.147 e. The van der Waals surface area contributed by atoms with Crippen molar-refractivity contribution in [2.24, 2.45) is 5.92 Å². The van der Waals surface area contributed by atoms with Crippen LogP contribution in [-0.2, 0) is 5.54 Å². The first-order chi connectivity index (χ1) is 10.2. The second-order valence-electron chi connectivity index (χ2n) is 7.80. The number of hydrogen-bond acceptors (Lipinski definition) is 3. The highest BCUT2D eigenvalue weighted by Gasteiger charge is 2.40. The highest BCUT2D eigenvalue weighted by Crippen LogP contribution is 2.45. The quantitative estimate of drug-likeness (QED) is 0.683. The molecular formula is C17H24N4Si. The van der Waals surface area contributed by atoms with Crippen molar-refractivity contribution in [1.29, 1.82) is 0 Å². The van der Waals surface area contributed by atoms with Gasteiger partial charge in [0.1, 0.15) is 25.9 Å². The third-order valence-electron chi connectivity index (χ3n) is 4.38. The molecular weight excluding hydrogens is 288 g/mol. The summed E-state index contributed by atoms with van der Waals surface area (Å²) in [6, 6.07) is 0. The van der Waals surface area contributed by atoms with Crippen LogP contribution in [0.25, 0.3) is 11.0 Å². The summed E-state index contributed by atoms with van der Waals surface area (Å²) in [5.74, 6) is 4.58. The highest BCUT2D eigenvalue weighted by atomic mass is 28.3. The van der Waals surface area contributed by atoms with Crippen LogP contribution >= 0.6 is 0 Å².